The number of furan rings is 1. The molecule has 2 aromatic heterocycles. The van der Waals surface area contributed by atoms with Crippen molar-refractivity contribution in [1.82, 2.24) is 19.8 Å². The molecule has 3 aromatic rings. The van der Waals surface area contributed by atoms with Crippen LogP contribution in [0.15, 0.2) is 52.3 Å². The van der Waals surface area contributed by atoms with Gasteiger partial charge in [0.25, 0.3) is 11.8 Å². The Morgan fingerprint density at radius 1 is 1.17 bits per heavy atom. The minimum Gasteiger partial charge on any atom is -0.464 e. The lowest BCUT2D eigenvalue weighted by Crippen LogP contribution is -2.49. The van der Waals surface area contributed by atoms with Gasteiger partial charge in [-0.3, -0.25) is 9.59 Å². The first-order valence-electron chi connectivity index (χ1n) is 9.25. The van der Waals surface area contributed by atoms with E-state index in [0.29, 0.717) is 11.5 Å². The zero-order chi connectivity index (χ0) is 21.0. The molecule has 3 rings (SSSR count). The second kappa shape index (κ2) is 8.57. The van der Waals surface area contributed by atoms with Crippen LogP contribution in [0.4, 0.5) is 0 Å². The summed E-state index contributed by atoms with van der Waals surface area (Å²) in [5.41, 5.74) is 0.615. The maximum atomic E-state index is 13.3. The van der Waals surface area contributed by atoms with Crippen LogP contribution in [-0.2, 0) is 11.3 Å². The van der Waals surface area contributed by atoms with E-state index in [4.69, 9.17) is 4.42 Å². The number of aryl methyl sites for hydroxylation is 1. The molecule has 0 radical (unpaired) electrons. The summed E-state index contributed by atoms with van der Waals surface area (Å²) in [5.74, 6) is 0.359. The van der Waals surface area contributed by atoms with Gasteiger partial charge in [0.15, 0.2) is 11.7 Å². The number of benzene rings is 1. The first-order chi connectivity index (χ1) is 13.7. The quantitative estimate of drug-likeness (QED) is 0.666. The number of hydrogen-bond donors (Lipinski definition) is 1. The van der Waals surface area contributed by atoms with Gasteiger partial charge in [-0.2, -0.15) is 0 Å². The predicted octanol–water partition coefficient (Wildman–Crippen LogP) is 3.74. The van der Waals surface area contributed by atoms with Crippen molar-refractivity contribution in [2.75, 3.05) is 0 Å². The molecule has 152 valence electrons. The van der Waals surface area contributed by atoms with Crippen LogP contribution in [0.5, 0.6) is 0 Å². The molecule has 0 unspecified atom stereocenters. The lowest BCUT2D eigenvalue weighted by atomic mass is 10.1. The number of carbonyl (C=O) groups excluding carboxylic acids is 2. The van der Waals surface area contributed by atoms with Gasteiger partial charge in [-0.15, -0.1) is 5.10 Å². The van der Waals surface area contributed by atoms with Crippen molar-refractivity contribution in [2.24, 2.45) is 0 Å². The van der Waals surface area contributed by atoms with Crippen LogP contribution in [0.2, 0.25) is 0 Å². The Balaban J connectivity index is 2.05. The van der Waals surface area contributed by atoms with Gasteiger partial charge in [0.2, 0.25) is 0 Å². The number of amides is 2. The SMILES string of the molecule is Cc1ccc([C@@H](C(=O)NC(C)(C)C)N(Cc2ccccc2)C(=O)c2csnn2)o1. The molecule has 0 bridgehead atoms. The Morgan fingerprint density at radius 2 is 1.90 bits per heavy atom. The third-order valence-electron chi connectivity index (χ3n) is 4.12. The summed E-state index contributed by atoms with van der Waals surface area (Å²) in [7, 11) is 0. The molecule has 0 aliphatic rings. The van der Waals surface area contributed by atoms with Crippen LogP contribution >= 0.6 is 11.5 Å². The second-order valence-corrected chi connectivity index (χ2v) is 8.41. The fourth-order valence-electron chi connectivity index (χ4n) is 2.93. The minimum atomic E-state index is -0.947. The summed E-state index contributed by atoms with van der Waals surface area (Å²) in [6.07, 6.45) is 0. The van der Waals surface area contributed by atoms with Crippen LogP contribution in [-0.4, -0.2) is 31.8 Å². The number of nitrogens with zero attached hydrogens (tertiary/aromatic N) is 3. The second-order valence-electron chi connectivity index (χ2n) is 7.80. The fraction of sp³-hybridized carbons (Fsp3) is 0.333. The monoisotopic (exact) mass is 412 g/mol. The van der Waals surface area contributed by atoms with Gasteiger partial charge in [-0.05, 0) is 56.9 Å². The highest BCUT2D eigenvalue weighted by Crippen LogP contribution is 2.28. The average molecular weight is 413 g/mol. The lowest BCUT2D eigenvalue weighted by Gasteiger charge is -2.32. The molecule has 0 saturated carbocycles. The Morgan fingerprint density at radius 3 is 2.45 bits per heavy atom. The summed E-state index contributed by atoms with van der Waals surface area (Å²) in [4.78, 5) is 28.1. The smallest absolute Gasteiger partial charge is 0.276 e. The Kier molecular flexibility index (Phi) is 6.12. The van der Waals surface area contributed by atoms with E-state index in [1.165, 1.54) is 4.90 Å². The van der Waals surface area contributed by atoms with Gasteiger partial charge in [-0.25, -0.2) is 0 Å². The van der Waals surface area contributed by atoms with E-state index in [-0.39, 0.29) is 24.1 Å². The molecular weight excluding hydrogens is 388 g/mol. The molecule has 2 amide bonds. The highest BCUT2D eigenvalue weighted by molar-refractivity contribution is 7.03. The molecular formula is C21H24N4O3S. The summed E-state index contributed by atoms with van der Waals surface area (Å²) in [6, 6.07) is 12.1. The summed E-state index contributed by atoms with van der Waals surface area (Å²) in [6.45, 7) is 7.70. The molecule has 0 fully saturated rings. The Bertz CT molecular complexity index is 961. The fourth-order valence-corrected chi connectivity index (χ4v) is 3.36. The maximum absolute atomic E-state index is 13.3. The van der Waals surface area contributed by atoms with E-state index in [9.17, 15) is 9.59 Å². The third kappa shape index (κ3) is 5.29. The van der Waals surface area contributed by atoms with E-state index in [0.717, 1.165) is 17.1 Å². The van der Waals surface area contributed by atoms with E-state index >= 15 is 0 Å². The third-order valence-corrected chi connectivity index (χ3v) is 4.63. The minimum absolute atomic E-state index is 0.197. The van der Waals surface area contributed by atoms with E-state index in [2.05, 4.69) is 14.9 Å². The predicted molar refractivity (Wildman–Crippen MR) is 110 cm³/mol. The van der Waals surface area contributed by atoms with Crippen molar-refractivity contribution in [3.8, 4) is 0 Å². The maximum Gasteiger partial charge on any atom is 0.276 e. The Labute approximate surface area is 173 Å². The molecule has 0 aliphatic carbocycles. The first-order valence-corrected chi connectivity index (χ1v) is 10.1. The van der Waals surface area contributed by atoms with Gasteiger partial charge in [-0.1, -0.05) is 34.8 Å². The van der Waals surface area contributed by atoms with Crippen molar-refractivity contribution < 1.29 is 14.0 Å². The molecule has 7 nitrogen and oxygen atoms in total. The number of rotatable bonds is 6. The van der Waals surface area contributed by atoms with Gasteiger partial charge >= 0.3 is 0 Å². The van der Waals surface area contributed by atoms with Crippen LogP contribution in [0.3, 0.4) is 0 Å². The molecule has 2 heterocycles. The molecule has 0 spiro atoms. The van der Waals surface area contributed by atoms with Crippen molar-refractivity contribution in [3.63, 3.8) is 0 Å². The van der Waals surface area contributed by atoms with Crippen molar-refractivity contribution in [1.29, 1.82) is 0 Å². The van der Waals surface area contributed by atoms with Gasteiger partial charge in [0, 0.05) is 17.5 Å². The summed E-state index contributed by atoms with van der Waals surface area (Å²) >= 11 is 1.09. The van der Waals surface area contributed by atoms with Crippen molar-refractivity contribution >= 4 is 23.3 Å². The summed E-state index contributed by atoms with van der Waals surface area (Å²) < 4.78 is 9.57. The highest BCUT2D eigenvalue weighted by Gasteiger charge is 2.36. The van der Waals surface area contributed by atoms with E-state index in [1.54, 1.807) is 24.4 Å². The molecule has 0 aliphatic heterocycles. The normalized spacial score (nSPS) is 12.4. The van der Waals surface area contributed by atoms with Gasteiger partial charge < -0.3 is 14.6 Å². The van der Waals surface area contributed by atoms with Crippen molar-refractivity contribution in [3.05, 3.63) is 70.6 Å². The highest BCUT2D eigenvalue weighted by atomic mass is 32.1. The van der Waals surface area contributed by atoms with Crippen LogP contribution in [0.1, 0.15) is 54.4 Å². The zero-order valence-corrected chi connectivity index (χ0v) is 17.7. The number of hydrogen-bond acceptors (Lipinski definition) is 6. The number of nitrogens with one attached hydrogen (secondary N) is 1. The molecule has 1 N–H and O–H groups in total. The summed E-state index contributed by atoms with van der Waals surface area (Å²) in [5, 5.41) is 8.45. The zero-order valence-electron chi connectivity index (χ0n) is 16.9. The largest absolute Gasteiger partial charge is 0.464 e. The van der Waals surface area contributed by atoms with E-state index in [1.807, 2.05) is 51.1 Å². The first kappa shape index (κ1) is 20.7. The van der Waals surface area contributed by atoms with Gasteiger partial charge in [0.05, 0.1) is 0 Å². The average Bonchev–Trinajstić information content (AvgIpc) is 3.32. The molecule has 1 aromatic carbocycles. The van der Waals surface area contributed by atoms with Gasteiger partial charge in [0.1, 0.15) is 11.5 Å². The number of aromatic nitrogens is 2. The topological polar surface area (TPSA) is 88.3 Å². The standard InChI is InChI=1S/C21H24N4O3S/c1-14-10-11-17(28-14)18(19(26)22-21(2,3)4)25(12-15-8-6-5-7-9-15)20(27)16-13-29-24-23-16/h5-11,13,18H,12H2,1-4H3,(H,22,26)/t18-/m0/s1. The molecule has 8 heteroatoms. The molecule has 29 heavy (non-hydrogen) atoms. The van der Waals surface area contributed by atoms with Crippen LogP contribution < -0.4 is 5.32 Å². The lowest BCUT2D eigenvalue weighted by molar-refractivity contribution is -0.128. The van der Waals surface area contributed by atoms with E-state index < -0.39 is 11.6 Å². The van der Waals surface area contributed by atoms with Crippen LogP contribution in [0, 0.1) is 6.92 Å². The Hall–Kier alpha value is -3.00. The number of carbonyl (C=O) groups is 2. The molecule has 0 saturated heterocycles. The molecule has 1 atom stereocenters. The van der Waals surface area contributed by atoms with Crippen molar-refractivity contribution in [2.45, 2.75) is 45.8 Å². The van der Waals surface area contributed by atoms with Crippen LogP contribution in [0.25, 0.3) is 0 Å².